The molecule has 24 heavy (non-hydrogen) atoms. The molecule has 0 fully saturated rings. The summed E-state index contributed by atoms with van der Waals surface area (Å²) in [5.74, 6) is 3.70. The van der Waals surface area contributed by atoms with Gasteiger partial charge in [0.25, 0.3) is 0 Å². The highest BCUT2D eigenvalue weighted by atomic mass is 35.5. The van der Waals surface area contributed by atoms with E-state index in [1.54, 1.807) is 7.11 Å². The van der Waals surface area contributed by atoms with Gasteiger partial charge >= 0.3 is 0 Å². The average Bonchev–Trinajstić information content (AvgIpc) is 2.62. The molecule has 0 saturated carbocycles. The van der Waals surface area contributed by atoms with Gasteiger partial charge in [0.2, 0.25) is 0 Å². The van der Waals surface area contributed by atoms with Crippen LogP contribution in [0.5, 0.6) is 17.2 Å². The summed E-state index contributed by atoms with van der Waals surface area (Å²) in [6, 6.07) is 9.97. The van der Waals surface area contributed by atoms with Crippen molar-refractivity contribution in [1.82, 2.24) is 0 Å². The normalized spacial score (nSPS) is 10.8. The number of ether oxygens (including phenoxy) is 3. The molecule has 0 atom stereocenters. The molecule has 0 aliphatic heterocycles. The van der Waals surface area contributed by atoms with Crippen molar-refractivity contribution in [2.45, 2.75) is 25.7 Å². The van der Waals surface area contributed by atoms with Crippen molar-refractivity contribution >= 4 is 34.0 Å². The van der Waals surface area contributed by atoms with E-state index in [-0.39, 0.29) is 0 Å². The molecule has 0 N–H and O–H groups in total. The van der Waals surface area contributed by atoms with E-state index in [2.05, 4.69) is 0 Å². The van der Waals surface area contributed by atoms with Crippen molar-refractivity contribution in [3.8, 4) is 17.2 Å². The van der Waals surface area contributed by atoms with Gasteiger partial charge in [-0.1, -0.05) is 6.07 Å². The van der Waals surface area contributed by atoms with Crippen LogP contribution in [-0.2, 0) is 0 Å². The molecule has 5 heteroatoms. The first-order valence-electron chi connectivity index (χ1n) is 8.28. The van der Waals surface area contributed by atoms with Crippen LogP contribution >= 0.6 is 23.2 Å². The maximum atomic E-state index is 5.83. The molecule has 0 heterocycles. The van der Waals surface area contributed by atoms with Gasteiger partial charge in [-0.15, -0.1) is 23.2 Å². The fourth-order valence-electron chi connectivity index (χ4n) is 2.44. The van der Waals surface area contributed by atoms with Crippen LogP contribution in [0.1, 0.15) is 25.7 Å². The molecule has 132 valence electrons. The summed E-state index contributed by atoms with van der Waals surface area (Å²) in [5, 5.41) is 2.08. The molecular formula is C19H24Cl2O3. The Hall–Kier alpha value is -1.32. The molecule has 0 unspecified atom stereocenters. The number of fused-ring (bicyclic) bond motifs is 1. The minimum atomic E-state index is 0.635. The minimum absolute atomic E-state index is 0.635. The topological polar surface area (TPSA) is 27.7 Å². The number of hydrogen-bond donors (Lipinski definition) is 0. The van der Waals surface area contributed by atoms with Gasteiger partial charge in [0.05, 0.1) is 20.3 Å². The summed E-state index contributed by atoms with van der Waals surface area (Å²) >= 11 is 11.4. The van der Waals surface area contributed by atoms with E-state index in [1.807, 2.05) is 30.3 Å². The molecule has 3 nitrogen and oxygen atoms in total. The SMILES string of the molecule is COc1c(OCCCCCl)ccc2cc(OCCCCCl)ccc12. The van der Waals surface area contributed by atoms with Crippen molar-refractivity contribution < 1.29 is 14.2 Å². The molecule has 0 bridgehead atoms. The molecule has 0 saturated heterocycles. The van der Waals surface area contributed by atoms with Gasteiger partial charge in [0, 0.05) is 17.1 Å². The van der Waals surface area contributed by atoms with Crippen LogP contribution in [0.15, 0.2) is 30.3 Å². The van der Waals surface area contributed by atoms with E-state index < -0.39 is 0 Å². The summed E-state index contributed by atoms with van der Waals surface area (Å²) in [6.45, 7) is 1.31. The Morgan fingerprint density at radius 3 is 2.21 bits per heavy atom. The zero-order valence-electron chi connectivity index (χ0n) is 14.0. The van der Waals surface area contributed by atoms with Crippen LogP contribution < -0.4 is 14.2 Å². The largest absolute Gasteiger partial charge is 0.494 e. The average molecular weight is 371 g/mol. The van der Waals surface area contributed by atoms with Crippen molar-refractivity contribution in [2.75, 3.05) is 32.1 Å². The van der Waals surface area contributed by atoms with Crippen LogP contribution in [-0.4, -0.2) is 32.1 Å². The minimum Gasteiger partial charge on any atom is -0.494 e. The lowest BCUT2D eigenvalue weighted by atomic mass is 10.1. The first kappa shape index (κ1) is 19.0. The number of rotatable bonds is 11. The first-order chi connectivity index (χ1) is 11.8. The van der Waals surface area contributed by atoms with Crippen LogP contribution in [0, 0.1) is 0 Å². The molecule has 2 aromatic rings. The Morgan fingerprint density at radius 1 is 0.833 bits per heavy atom. The highest BCUT2D eigenvalue weighted by molar-refractivity contribution is 6.18. The summed E-state index contributed by atoms with van der Waals surface area (Å²) in [7, 11) is 1.66. The molecular weight excluding hydrogens is 347 g/mol. The lowest BCUT2D eigenvalue weighted by Gasteiger charge is -2.14. The number of benzene rings is 2. The summed E-state index contributed by atoms with van der Waals surface area (Å²) < 4.78 is 17.2. The molecule has 2 aromatic carbocycles. The Labute approximate surface area is 153 Å². The summed E-state index contributed by atoms with van der Waals surface area (Å²) in [4.78, 5) is 0. The molecule has 0 aliphatic rings. The third-order valence-electron chi connectivity index (χ3n) is 3.69. The fraction of sp³-hybridized carbons (Fsp3) is 0.474. The van der Waals surface area contributed by atoms with Crippen LogP contribution in [0.25, 0.3) is 10.8 Å². The number of halogens is 2. The van der Waals surface area contributed by atoms with E-state index in [9.17, 15) is 0 Å². The summed E-state index contributed by atoms with van der Waals surface area (Å²) in [6.07, 6.45) is 3.80. The molecule has 0 spiro atoms. The lowest BCUT2D eigenvalue weighted by Crippen LogP contribution is -2.00. The molecule has 0 radical (unpaired) electrons. The molecule has 0 aliphatic carbocycles. The predicted octanol–water partition coefficient (Wildman–Crippen LogP) is 5.64. The Balaban J connectivity index is 2.10. The lowest BCUT2D eigenvalue weighted by molar-refractivity contribution is 0.290. The maximum absolute atomic E-state index is 5.83. The van der Waals surface area contributed by atoms with Gasteiger partial charge in [-0.3, -0.25) is 0 Å². The second-order valence-corrected chi connectivity index (χ2v) is 6.22. The number of unbranched alkanes of at least 4 members (excludes halogenated alkanes) is 2. The third-order valence-corrected chi connectivity index (χ3v) is 4.23. The van der Waals surface area contributed by atoms with E-state index >= 15 is 0 Å². The molecule has 0 amide bonds. The Bertz CT molecular complexity index is 631. The van der Waals surface area contributed by atoms with Crippen molar-refractivity contribution in [1.29, 1.82) is 0 Å². The second-order valence-electron chi connectivity index (χ2n) is 5.47. The van der Waals surface area contributed by atoms with Gasteiger partial charge in [0.15, 0.2) is 11.5 Å². The van der Waals surface area contributed by atoms with E-state index in [4.69, 9.17) is 37.4 Å². The smallest absolute Gasteiger partial charge is 0.168 e. The van der Waals surface area contributed by atoms with Gasteiger partial charge in [-0.25, -0.2) is 0 Å². The number of methoxy groups -OCH3 is 1. The highest BCUT2D eigenvalue weighted by Gasteiger charge is 2.10. The number of alkyl halides is 2. The Kier molecular flexibility index (Phi) is 8.34. The van der Waals surface area contributed by atoms with Gasteiger partial charge in [-0.2, -0.15) is 0 Å². The highest BCUT2D eigenvalue weighted by Crippen LogP contribution is 2.37. The van der Waals surface area contributed by atoms with Crippen LogP contribution in [0.2, 0.25) is 0 Å². The first-order valence-corrected chi connectivity index (χ1v) is 9.35. The quantitative estimate of drug-likeness (QED) is 0.378. The van der Waals surface area contributed by atoms with E-state index in [1.165, 1.54) is 0 Å². The summed E-state index contributed by atoms with van der Waals surface area (Å²) in [5.41, 5.74) is 0. The molecule has 2 rings (SSSR count). The van der Waals surface area contributed by atoms with E-state index in [0.717, 1.165) is 53.7 Å². The third kappa shape index (κ3) is 5.35. The van der Waals surface area contributed by atoms with Crippen LogP contribution in [0.3, 0.4) is 0 Å². The fourth-order valence-corrected chi connectivity index (χ4v) is 2.82. The van der Waals surface area contributed by atoms with Crippen molar-refractivity contribution in [3.05, 3.63) is 30.3 Å². The van der Waals surface area contributed by atoms with Crippen molar-refractivity contribution in [3.63, 3.8) is 0 Å². The standard InChI is InChI=1S/C19H24Cl2O3/c1-22-19-17-8-7-16(23-12-4-2-10-20)14-15(17)6-9-18(19)24-13-5-3-11-21/h6-9,14H,2-5,10-13H2,1H3. The number of hydrogen-bond acceptors (Lipinski definition) is 3. The zero-order chi connectivity index (χ0) is 17.2. The predicted molar refractivity (Wildman–Crippen MR) is 101 cm³/mol. The van der Waals surface area contributed by atoms with Crippen LogP contribution in [0.4, 0.5) is 0 Å². The molecule has 0 aromatic heterocycles. The zero-order valence-corrected chi connectivity index (χ0v) is 15.5. The van der Waals surface area contributed by atoms with Gasteiger partial charge in [-0.05, 0) is 55.3 Å². The van der Waals surface area contributed by atoms with Crippen molar-refractivity contribution in [2.24, 2.45) is 0 Å². The Morgan fingerprint density at radius 2 is 1.54 bits per heavy atom. The van der Waals surface area contributed by atoms with Gasteiger partial charge < -0.3 is 14.2 Å². The van der Waals surface area contributed by atoms with E-state index in [0.29, 0.717) is 25.0 Å². The second kappa shape index (κ2) is 10.5. The van der Waals surface area contributed by atoms with Gasteiger partial charge in [0.1, 0.15) is 5.75 Å². The monoisotopic (exact) mass is 370 g/mol. The maximum Gasteiger partial charge on any atom is 0.168 e.